The third-order valence-corrected chi connectivity index (χ3v) is 4.23. The van der Waals surface area contributed by atoms with Gasteiger partial charge in [-0.3, -0.25) is 4.79 Å². The molecule has 0 amide bonds. The Hall–Kier alpha value is -3.73. The second-order valence-corrected chi connectivity index (χ2v) is 6.20. The lowest BCUT2D eigenvalue weighted by atomic mass is 10.00. The number of benzene rings is 3. The number of ether oxygens (including phenoxy) is 2. The molecule has 0 bridgehead atoms. The van der Waals surface area contributed by atoms with Crippen LogP contribution in [0.5, 0.6) is 11.5 Å². The van der Waals surface area contributed by atoms with E-state index in [0.717, 1.165) is 17.2 Å². The van der Waals surface area contributed by atoms with Crippen molar-refractivity contribution in [3.8, 4) is 33.8 Å². The van der Waals surface area contributed by atoms with Crippen LogP contribution in [0, 0.1) is 5.82 Å². The zero-order valence-corrected chi connectivity index (χ0v) is 15.9. The van der Waals surface area contributed by atoms with Crippen molar-refractivity contribution in [3.05, 3.63) is 85.2 Å². The molecule has 0 aromatic heterocycles. The molecule has 146 valence electrons. The van der Waals surface area contributed by atoms with Crippen LogP contribution < -0.4 is 9.47 Å². The Morgan fingerprint density at radius 3 is 1.97 bits per heavy atom. The van der Waals surface area contributed by atoms with E-state index < -0.39 is 11.8 Å². The lowest BCUT2D eigenvalue weighted by Gasteiger charge is -2.08. The highest BCUT2D eigenvalue weighted by atomic mass is 19.1. The van der Waals surface area contributed by atoms with Crippen molar-refractivity contribution in [1.82, 2.24) is 0 Å². The fraction of sp³-hybridized carbons (Fsp3) is 0.0833. The van der Waals surface area contributed by atoms with E-state index in [0.29, 0.717) is 23.3 Å². The standard InChI is InChI=1S/C24H19FO4/c1-3-23(26)28-19-11-9-17(10-12-19)16-5-7-18(8-6-16)21-14-13-20(15-22(21)25)29-24(27)4-2/h4-15H,2-3H2,1H3. The minimum atomic E-state index is -0.642. The Balaban J connectivity index is 1.77. The SMILES string of the molecule is C=CC(=O)Oc1ccc(-c2ccc(-c3ccc(OC(=O)CC)cc3)cc2)c(F)c1. The second-order valence-electron chi connectivity index (χ2n) is 6.20. The summed E-state index contributed by atoms with van der Waals surface area (Å²) in [7, 11) is 0. The van der Waals surface area contributed by atoms with Crippen LogP contribution in [-0.4, -0.2) is 11.9 Å². The third kappa shape index (κ3) is 4.96. The van der Waals surface area contributed by atoms with Crippen LogP contribution in [0.1, 0.15) is 13.3 Å². The summed E-state index contributed by atoms with van der Waals surface area (Å²) < 4.78 is 24.5. The summed E-state index contributed by atoms with van der Waals surface area (Å²) >= 11 is 0. The first-order valence-electron chi connectivity index (χ1n) is 9.05. The van der Waals surface area contributed by atoms with E-state index in [1.54, 1.807) is 25.1 Å². The molecule has 3 rings (SSSR count). The zero-order valence-electron chi connectivity index (χ0n) is 15.9. The van der Waals surface area contributed by atoms with Gasteiger partial charge in [0.05, 0.1) is 0 Å². The monoisotopic (exact) mass is 390 g/mol. The smallest absolute Gasteiger partial charge is 0.335 e. The normalized spacial score (nSPS) is 10.3. The fourth-order valence-corrected chi connectivity index (χ4v) is 2.71. The van der Waals surface area contributed by atoms with Gasteiger partial charge in [-0.15, -0.1) is 0 Å². The highest BCUT2D eigenvalue weighted by Gasteiger charge is 2.09. The molecule has 0 saturated carbocycles. The van der Waals surface area contributed by atoms with Gasteiger partial charge in [-0.25, -0.2) is 9.18 Å². The van der Waals surface area contributed by atoms with E-state index >= 15 is 0 Å². The second kappa shape index (κ2) is 8.97. The van der Waals surface area contributed by atoms with Gasteiger partial charge in [0.2, 0.25) is 0 Å². The number of carbonyl (C=O) groups is 2. The van der Waals surface area contributed by atoms with Crippen molar-refractivity contribution in [3.63, 3.8) is 0 Å². The van der Waals surface area contributed by atoms with Crippen LogP contribution in [0.2, 0.25) is 0 Å². The van der Waals surface area contributed by atoms with Gasteiger partial charge < -0.3 is 9.47 Å². The maximum absolute atomic E-state index is 14.4. The summed E-state index contributed by atoms with van der Waals surface area (Å²) in [5, 5.41) is 0. The Labute approximate surface area is 168 Å². The van der Waals surface area contributed by atoms with E-state index in [1.807, 2.05) is 36.4 Å². The number of hydrogen-bond acceptors (Lipinski definition) is 4. The molecule has 3 aromatic rings. The molecule has 3 aromatic carbocycles. The number of rotatable bonds is 6. The molecule has 0 unspecified atom stereocenters. The van der Waals surface area contributed by atoms with Crippen LogP contribution in [0.15, 0.2) is 79.4 Å². The maximum Gasteiger partial charge on any atom is 0.335 e. The molecule has 0 saturated heterocycles. The Morgan fingerprint density at radius 1 is 0.862 bits per heavy atom. The Bertz CT molecular complexity index is 1040. The molecule has 29 heavy (non-hydrogen) atoms. The minimum absolute atomic E-state index is 0.122. The first-order chi connectivity index (χ1) is 14.0. The topological polar surface area (TPSA) is 52.6 Å². The molecule has 5 heteroatoms. The van der Waals surface area contributed by atoms with Gasteiger partial charge in [0, 0.05) is 24.1 Å². The van der Waals surface area contributed by atoms with Gasteiger partial charge in [-0.2, -0.15) is 0 Å². The van der Waals surface area contributed by atoms with Crippen molar-refractivity contribution in [2.45, 2.75) is 13.3 Å². The quantitative estimate of drug-likeness (QED) is 0.314. The van der Waals surface area contributed by atoms with Gasteiger partial charge in [0.25, 0.3) is 0 Å². The minimum Gasteiger partial charge on any atom is -0.427 e. The van der Waals surface area contributed by atoms with E-state index in [9.17, 15) is 14.0 Å². The molecular weight excluding hydrogens is 371 g/mol. The van der Waals surface area contributed by atoms with E-state index in [-0.39, 0.29) is 11.7 Å². The first-order valence-corrected chi connectivity index (χ1v) is 9.05. The highest BCUT2D eigenvalue weighted by molar-refractivity contribution is 5.83. The van der Waals surface area contributed by atoms with Crippen LogP contribution in [-0.2, 0) is 9.59 Å². The van der Waals surface area contributed by atoms with Gasteiger partial charge in [-0.1, -0.05) is 49.9 Å². The number of carbonyl (C=O) groups excluding carboxylic acids is 2. The maximum atomic E-state index is 14.4. The number of hydrogen-bond donors (Lipinski definition) is 0. The van der Waals surface area contributed by atoms with Crippen LogP contribution in [0.25, 0.3) is 22.3 Å². The number of halogens is 1. The molecule has 0 N–H and O–H groups in total. The summed E-state index contributed by atoms with van der Waals surface area (Å²) in [6.07, 6.45) is 1.34. The van der Waals surface area contributed by atoms with Crippen molar-refractivity contribution in [2.24, 2.45) is 0 Å². The molecule has 0 spiro atoms. The molecule has 0 aliphatic rings. The lowest BCUT2D eigenvalue weighted by molar-refractivity contribution is -0.134. The van der Waals surface area contributed by atoms with Crippen LogP contribution >= 0.6 is 0 Å². The third-order valence-electron chi connectivity index (χ3n) is 4.23. The lowest BCUT2D eigenvalue weighted by Crippen LogP contribution is -2.05. The van der Waals surface area contributed by atoms with Crippen LogP contribution in [0.3, 0.4) is 0 Å². The summed E-state index contributed by atoms with van der Waals surface area (Å²) in [5.74, 6) is -0.797. The average Bonchev–Trinajstić information content (AvgIpc) is 2.74. The van der Waals surface area contributed by atoms with Gasteiger partial charge >= 0.3 is 11.9 Å². The van der Waals surface area contributed by atoms with E-state index in [2.05, 4.69) is 6.58 Å². The molecule has 0 radical (unpaired) electrons. The summed E-state index contributed by atoms with van der Waals surface area (Å²) in [6, 6.07) is 18.8. The van der Waals surface area contributed by atoms with Crippen molar-refractivity contribution in [1.29, 1.82) is 0 Å². The summed E-state index contributed by atoms with van der Waals surface area (Å²) in [6.45, 7) is 5.05. The van der Waals surface area contributed by atoms with Crippen molar-refractivity contribution >= 4 is 11.9 Å². The average molecular weight is 390 g/mol. The zero-order chi connectivity index (χ0) is 20.8. The van der Waals surface area contributed by atoms with E-state index in [4.69, 9.17) is 9.47 Å². The van der Waals surface area contributed by atoms with E-state index in [1.165, 1.54) is 12.1 Å². The Morgan fingerprint density at radius 2 is 1.41 bits per heavy atom. The van der Waals surface area contributed by atoms with Crippen LogP contribution in [0.4, 0.5) is 4.39 Å². The highest BCUT2D eigenvalue weighted by Crippen LogP contribution is 2.29. The fourth-order valence-electron chi connectivity index (χ4n) is 2.71. The summed E-state index contributed by atoms with van der Waals surface area (Å²) in [4.78, 5) is 22.6. The number of esters is 2. The molecule has 0 heterocycles. The molecule has 0 aliphatic carbocycles. The predicted molar refractivity (Wildman–Crippen MR) is 109 cm³/mol. The molecule has 0 fully saturated rings. The molecule has 0 atom stereocenters. The molecule has 0 aliphatic heterocycles. The molecular formula is C24H19FO4. The van der Waals surface area contributed by atoms with Gasteiger partial charge in [0.15, 0.2) is 0 Å². The largest absolute Gasteiger partial charge is 0.427 e. The van der Waals surface area contributed by atoms with Crippen molar-refractivity contribution in [2.75, 3.05) is 0 Å². The van der Waals surface area contributed by atoms with Crippen molar-refractivity contribution < 1.29 is 23.5 Å². The summed E-state index contributed by atoms with van der Waals surface area (Å²) in [5.41, 5.74) is 2.98. The Kier molecular flexibility index (Phi) is 6.19. The molecule has 4 nitrogen and oxygen atoms in total. The first kappa shape index (κ1) is 20.0. The van der Waals surface area contributed by atoms with Gasteiger partial charge in [0.1, 0.15) is 17.3 Å². The predicted octanol–water partition coefficient (Wildman–Crippen LogP) is 5.57. The van der Waals surface area contributed by atoms with Gasteiger partial charge in [-0.05, 0) is 41.0 Å².